The van der Waals surface area contributed by atoms with Gasteiger partial charge < -0.3 is 39.0 Å². The molecule has 1 aliphatic rings. The Labute approximate surface area is 471 Å². The highest BCUT2D eigenvalue weighted by Crippen LogP contribution is 2.27. The predicted molar refractivity (Wildman–Crippen MR) is 313 cm³/mol. The minimum atomic E-state index is -1.90. The Hall–Kier alpha value is -2.54. The van der Waals surface area contributed by atoms with Crippen molar-refractivity contribution in [2.24, 2.45) is 0 Å². The van der Waals surface area contributed by atoms with E-state index in [2.05, 4.69) is 32.9 Å². The Morgan fingerprint density at radius 2 is 0.740 bits per heavy atom. The molecule has 1 heterocycles. The molecule has 0 spiro atoms. The number of rotatable bonds is 57. The van der Waals surface area contributed by atoms with Crippen molar-refractivity contribution in [1.82, 2.24) is 0 Å². The van der Waals surface area contributed by atoms with Crippen molar-refractivity contribution >= 4 is 23.9 Å². The lowest BCUT2D eigenvalue weighted by Crippen LogP contribution is -2.61. The maximum absolute atomic E-state index is 13.2. The fourth-order valence-corrected chi connectivity index (χ4v) is 10.3. The molecular weight excluding hydrogens is 973 g/mol. The summed E-state index contributed by atoms with van der Waals surface area (Å²) in [4.78, 5) is 51.3. The number of hydrogen-bond donors (Lipinski definition) is 3. The second-order valence-electron chi connectivity index (χ2n) is 22.8. The quantitative estimate of drug-likeness (QED) is 0.0228. The Bertz CT molecular complexity index is 1390. The summed E-state index contributed by atoms with van der Waals surface area (Å²) in [6.07, 6.45) is 48.8. The number of ether oxygens (including phenoxy) is 5. The van der Waals surface area contributed by atoms with E-state index in [-0.39, 0.29) is 25.9 Å². The molecule has 1 fully saturated rings. The normalized spacial score (nSPS) is 18.0. The summed E-state index contributed by atoms with van der Waals surface area (Å²) in [6, 6.07) is 0. The largest absolute Gasteiger partial charge is 0.479 e. The summed E-state index contributed by atoms with van der Waals surface area (Å²) < 4.78 is 28.5. The van der Waals surface area contributed by atoms with Crippen molar-refractivity contribution in [3.63, 3.8) is 0 Å². The number of carbonyl (C=O) groups is 4. The Morgan fingerprint density at radius 3 is 1.10 bits per heavy atom. The second-order valence-corrected chi connectivity index (χ2v) is 22.8. The third-order valence-corrected chi connectivity index (χ3v) is 15.3. The monoisotopic (exact) mass is 1090 g/mol. The Kier molecular flexibility index (Phi) is 50.9. The van der Waals surface area contributed by atoms with Crippen LogP contribution in [0.2, 0.25) is 0 Å². The average molecular weight is 1090 g/mol. The van der Waals surface area contributed by atoms with Crippen LogP contribution in [-0.2, 0) is 42.9 Å². The molecule has 1 saturated heterocycles. The molecule has 3 N–H and O–H groups in total. The number of aliphatic hydroxyl groups is 2. The SMILES string of the molecule is CCCCCCCC/C=C\CCCCCCCC(=O)OCC(COC1OC(C(=O)O)C(O)C(O)C1OC(=O)CCCCCCCCCCCCCCCCCCC)OC(=O)CCCCCCCCCCCCCCCCC. The van der Waals surface area contributed by atoms with Gasteiger partial charge in [0.1, 0.15) is 18.8 Å². The molecule has 1 aliphatic heterocycles. The average Bonchev–Trinajstić information content (AvgIpc) is 3.42. The molecule has 0 aromatic rings. The van der Waals surface area contributed by atoms with Crippen LogP contribution in [0.1, 0.15) is 329 Å². The highest BCUT2D eigenvalue weighted by molar-refractivity contribution is 5.74. The highest BCUT2D eigenvalue weighted by atomic mass is 16.7. The van der Waals surface area contributed by atoms with Gasteiger partial charge in [-0.1, -0.05) is 277 Å². The number of allylic oxidation sites excluding steroid dienone is 2. The number of carboxylic acid groups (broad SMARTS) is 1. The lowest BCUT2D eigenvalue weighted by atomic mass is 9.98. The minimum absolute atomic E-state index is 0.0686. The first-order chi connectivity index (χ1) is 37.6. The standard InChI is InChI=1S/C65H120O12/c1-4-7-10-13-16-19-22-25-28-29-32-35-38-41-44-47-50-53-59(68)76-63-61(70)60(69)62(64(71)72)77-65(63)74-55-56(75-58(67)52-49-46-43-40-37-34-31-27-24-21-18-15-12-9-6-3)54-73-57(66)51-48-45-42-39-36-33-30-26-23-20-17-14-11-8-5-2/h26,30,56,60-63,65,69-70H,4-25,27-29,31-55H2,1-3H3,(H,71,72)/b30-26-. The Balaban J connectivity index is 2.64. The van der Waals surface area contributed by atoms with E-state index in [1.807, 2.05) is 0 Å². The molecule has 0 saturated carbocycles. The molecule has 0 aliphatic carbocycles. The zero-order valence-electron chi connectivity index (χ0n) is 50.0. The zero-order valence-corrected chi connectivity index (χ0v) is 50.0. The Morgan fingerprint density at radius 1 is 0.416 bits per heavy atom. The second kappa shape index (κ2) is 54.1. The molecule has 0 aromatic heterocycles. The number of hydrogen-bond acceptors (Lipinski definition) is 11. The highest BCUT2D eigenvalue weighted by Gasteiger charge is 2.50. The lowest BCUT2D eigenvalue weighted by Gasteiger charge is -2.40. The van der Waals surface area contributed by atoms with E-state index in [4.69, 9.17) is 23.7 Å². The van der Waals surface area contributed by atoms with Crippen LogP contribution in [-0.4, -0.2) is 89.2 Å². The molecule has 452 valence electrons. The van der Waals surface area contributed by atoms with Gasteiger partial charge in [-0.3, -0.25) is 14.4 Å². The van der Waals surface area contributed by atoms with Crippen LogP contribution in [0.4, 0.5) is 0 Å². The first-order valence-corrected chi connectivity index (χ1v) is 32.7. The van der Waals surface area contributed by atoms with Crippen molar-refractivity contribution in [1.29, 1.82) is 0 Å². The van der Waals surface area contributed by atoms with Crippen LogP contribution in [0.3, 0.4) is 0 Å². The van der Waals surface area contributed by atoms with E-state index in [0.29, 0.717) is 19.3 Å². The predicted octanol–water partition coefficient (Wildman–Crippen LogP) is 17.2. The van der Waals surface area contributed by atoms with E-state index < -0.39 is 67.3 Å². The van der Waals surface area contributed by atoms with Crippen LogP contribution in [0.15, 0.2) is 12.2 Å². The van der Waals surface area contributed by atoms with Crippen molar-refractivity contribution in [3.05, 3.63) is 12.2 Å². The van der Waals surface area contributed by atoms with Crippen LogP contribution >= 0.6 is 0 Å². The maximum atomic E-state index is 13.2. The summed E-state index contributed by atoms with van der Waals surface area (Å²) in [7, 11) is 0. The van der Waals surface area contributed by atoms with Gasteiger partial charge >= 0.3 is 23.9 Å². The first kappa shape index (κ1) is 72.5. The maximum Gasteiger partial charge on any atom is 0.335 e. The van der Waals surface area contributed by atoms with Gasteiger partial charge in [0, 0.05) is 19.3 Å². The summed E-state index contributed by atoms with van der Waals surface area (Å²) in [5.74, 6) is -3.08. The van der Waals surface area contributed by atoms with E-state index in [9.17, 15) is 34.5 Å². The number of esters is 3. The lowest BCUT2D eigenvalue weighted by molar-refractivity contribution is -0.301. The third kappa shape index (κ3) is 43.9. The fraction of sp³-hybridized carbons (Fsp3) is 0.908. The molecule has 77 heavy (non-hydrogen) atoms. The van der Waals surface area contributed by atoms with Gasteiger partial charge in [0.15, 0.2) is 24.6 Å². The van der Waals surface area contributed by atoms with E-state index >= 15 is 0 Å². The topological polar surface area (TPSA) is 175 Å². The van der Waals surface area contributed by atoms with Crippen molar-refractivity contribution in [3.8, 4) is 0 Å². The van der Waals surface area contributed by atoms with E-state index in [0.717, 1.165) is 77.0 Å². The van der Waals surface area contributed by atoms with Crippen LogP contribution in [0, 0.1) is 0 Å². The zero-order chi connectivity index (χ0) is 56.1. The summed E-state index contributed by atoms with van der Waals surface area (Å²) in [5.41, 5.74) is 0. The first-order valence-electron chi connectivity index (χ1n) is 32.7. The van der Waals surface area contributed by atoms with Gasteiger partial charge in [-0.2, -0.15) is 0 Å². The van der Waals surface area contributed by atoms with Gasteiger partial charge in [0.2, 0.25) is 0 Å². The molecule has 0 aromatic carbocycles. The number of carbonyl (C=O) groups excluding carboxylic acids is 3. The molecule has 12 nitrogen and oxygen atoms in total. The van der Waals surface area contributed by atoms with Gasteiger partial charge in [0.05, 0.1) is 6.61 Å². The van der Waals surface area contributed by atoms with Gasteiger partial charge in [-0.05, 0) is 44.9 Å². The van der Waals surface area contributed by atoms with Crippen LogP contribution < -0.4 is 0 Å². The van der Waals surface area contributed by atoms with E-state index in [1.54, 1.807) is 0 Å². The van der Waals surface area contributed by atoms with Crippen molar-refractivity contribution < 1.29 is 58.2 Å². The van der Waals surface area contributed by atoms with Gasteiger partial charge in [-0.25, -0.2) is 4.79 Å². The smallest absolute Gasteiger partial charge is 0.335 e. The number of aliphatic carboxylic acids is 1. The van der Waals surface area contributed by atoms with Crippen molar-refractivity contribution in [2.45, 2.75) is 366 Å². The molecule has 0 bridgehead atoms. The number of aliphatic hydroxyl groups excluding tert-OH is 2. The number of unbranched alkanes of at least 4 members (excludes halogenated alkanes) is 41. The summed E-state index contributed by atoms with van der Waals surface area (Å²) in [5, 5.41) is 31.6. The molecule has 6 unspecified atom stereocenters. The third-order valence-electron chi connectivity index (χ3n) is 15.3. The van der Waals surface area contributed by atoms with E-state index in [1.165, 1.54) is 193 Å². The molecule has 0 radical (unpaired) electrons. The molecule has 6 atom stereocenters. The minimum Gasteiger partial charge on any atom is -0.479 e. The molecular formula is C65H120O12. The van der Waals surface area contributed by atoms with Crippen LogP contribution in [0.5, 0.6) is 0 Å². The summed E-state index contributed by atoms with van der Waals surface area (Å²) in [6.45, 7) is 6.04. The number of carboxylic acids is 1. The van der Waals surface area contributed by atoms with Crippen LogP contribution in [0.25, 0.3) is 0 Å². The molecule has 1 rings (SSSR count). The molecule has 12 heteroatoms. The fourth-order valence-electron chi connectivity index (χ4n) is 10.3. The molecule has 0 amide bonds. The van der Waals surface area contributed by atoms with Gasteiger partial charge in [-0.15, -0.1) is 0 Å². The van der Waals surface area contributed by atoms with Crippen molar-refractivity contribution in [2.75, 3.05) is 13.2 Å². The van der Waals surface area contributed by atoms with Gasteiger partial charge in [0.25, 0.3) is 0 Å². The summed E-state index contributed by atoms with van der Waals surface area (Å²) >= 11 is 0.